The molecule has 0 bridgehead atoms. The van der Waals surface area contributed by atoms with Gasteiger partial charge in [-0.1, -0.05) is 0 Å². The van der Waals surface area contributed by atoms with E-state index in [2.05, 4.69) is 14.3 Å². The van der Waals surface area contributed by atoms with Gasteiger partial charge < -0.3 is 32.0 Å². The van der Waals surface area contributed by atoms with Gasteiger partial charge in [-0.05, 0) is 33.6 Å². The second-order valence-electron chi connectivity index (χ2n) is 5.95. The monoisotopic (exact) mass is 412 g/mol. The first-order chi connectivity index (χ1) is 13.6. The lowest BCUT2D eigenvalue weighted by Gasteiger charge is -2.12. The van der Waals surface area contributed by atoms with Crippen LogP contribution in [0.1, 0.15) is 46.5 Å². The molecule has 1 unspecified atom stereocenters. The van der Waals surface area contributed by atoms with Crippen molar-refractivity contribution < 1.29 is 38.2 Å². The molecule has 0 aliphatic rings. The number of carbonyl (C=O) groups is 4. The van der Waals surface area contributed by atoms with Crippen LogP contribution < -0.4 is 11.5 Å². The number of ketones is 2. The van der Waals surface area contributed by atoms with Crippen molar-refractivity contribution in [1.82, 2.24) is 0 Å². The summed E-state index contributed by atoms with van der Waals surface area (Å²) in [6.45, 7) is 5.37. The number of rotatable bonds is 12. The Morgan fingerprint density at radius 3 is 1.66 bits per heavy atom. The SMILES string of the molecule is CC(C)OC(=O)C(N)CCC(=O)C=[N+]=[N-].CCOC(=O)[C@@H](N)CCC(=O)C=[N+]=[N-]. The second-order valence-corrected chi connectivity index (χ2v) is 5.95. The fourth-order valence-corrected chi connectivity index (χ4v) is 1.66. The van der Waals surface area contributed by atoms with E-state index in [1.807, 2.05) is 0 Å². The van der Waals surface area contributed by atoms with Crippen LogP contribution in [0, 0.1) is 0 Å². The summed E-state index contributed by atoms with van der Waals surface area (Å²) in [5.41, 5.74) is 27.0. The predicted molar refractivity (Wildman–Crippen MR) is 102 cm³/mol. The van der Waals surface area contributed by atoms with E-state index in [0.29, 0.717) is 0 Å². The van der Waals surface area contributed by atoms with Gasteiger partial charge in [-0.2, -0.15) is 9.58 Å². The Morgan fingerprint density at radius 2 is 1.31 bits per heavy atom. The largest absolute Gasteiger partial charge is 0.465 e. The molecule has 0 aromatic carbocycles. The minimum atomic E-state index is -0.816. The topological polar surface area (TPSA) is 212 Å². The highest BCUT2D eigenvalue weighted by atomic mass is 16.5. The fourth-order valence-electron chi connectivity index (χ4n) is 1.66. The van der Waals surface area contributed by atoms with Gasteiger partial charge in [-0.25, -0.2) is 0 Å². The van der Waals surface area contributed by atoms with Crippen molar-refractivity contribution in [2.24, 2.45) is 11.5 Å². The summed E-state index contributed by atoms with van der Waals surface area (Å²) in [4.78, 5) is 49.0. The highest BCUT2D eigenvalue weighted by Crippen LogP contribution is 2.00. The Kier molecular flexibility index (Phi) is 16.6. The third-order valence-electron chi connectivity index (χ3n) is 3.05. The lowest BCUT2D eigenvalue weighted by molar-refractivity contribution is -0.149. The fraction of sp³-hybridized carbons (Fsp3) is 0.647. The van der Waals surface area contributed by atoms with Gasteiger partial charge in [0.1, 0.15) is 12.1 Å². The number of nitrogens with zero attached hydrogens (tertiary/aromatic N) is 4. The molecule has 12 heteroatoms. The zero-order valence-electron chi connectivity index (χ0n) is 16.8. The zero-order valence-corrected chi connectivity index (χ0v) is 16.8. The van der Waals surface area contributed by atoms with Crippen LogP contribution in [0.15, 0.2) is 0 Å². The highest BCUT2D eigenvalue weighted by Gasteiger charge is 2.18. The Bertz CT molecular complexity index is 653. The number of carbonyl (C=O) groups excluding carboxylic acids is 4. The number of ether oxygens (including phenoxy) is 2. The minimum absolute atomic E-state index is 0.0540. The van der Waals surface area contributed by atoms with Crippen molar-refractivity contribution in [2.75, 3.05) is 6.61 Å². The molecule has 0 saturated heterocycles. The number of esters is 2. The summed E-state index contributed by atoms with van der Waals surface area (Å²) in [6.07, 6.45) is 1.80. The van der Waals surface area contributed by atoms with E-state index < -0.39 is 24.0 Å². The summed E-state index contributed by atoms with van der Waals surface area (Å²) >= 11 is 0. The molecule has 0 rings (SSSR count). The standard InChI is InChI=1S/C9H15N3O3.C8H13N3O3/c1-6(2)15-9(14)8(10)4-3-7(13)5-12-11;1-2-14-8(13)7(9)4-3-6(12)5-11-10/h5-6,8H,3-4,10H2,1-2H3;5,7H,2-4,9H2,1H3/t;7-/m.0/s1. The van der Waals surface area contributed by atoms with Gasteiger partial charge in [0, 0.05) is 12.8 Å². The van der Waals surface area contributed by atoms with E-state index >= 15 is 0 Å². The lowest BCUT2D eigenvalue weighted by atomic mass is 10.1. The normalized spacial score (nSPS) is 11.5. The van der Waals surface area contributed by atoms with Crippen molar-refractivity contribution >= 4 is 35.9 Å². The third kappa shape index (κ3) is 16.8. The smallest absolute Gasteiger partial charge is 0.323 e. The van der Waals surface area contributed by atoms with Gasteiger partial charge in [-0.3, -0.25) is 19.2 Å². The Balaban J connectivity index is 0. The molecular weight excluding hydrogens is 384 g/mol. The molecule has 4 N–H and O–H groups in total. The molecular formula is C17H28N6O6. The number of nitrogens with two attached hydrogens (primary N) is 2. The molecule has 0 fully saturated rings. The average Bonchev–Trinajstić information content (AvgIpc) is 2.64. The van der Waals surface area contributed by atoms with Crippen molar-refractivity contribution in [3.8, 4) is 0 Å². The van der Waals surface area contributed by atoms with Crippen LogP contribution in [0.3, 0.4) is 0 Å². The first kappa shape index (κ1) is 28.2. The molecule has 12 nitrogen and oxygen atoms in total. The minimum Gasteiger partial charge on any atom is -0.465 e. The molecule has 0 aliphatic heterocycles. The van der Waals surface area contributed by atoms with E-state index in [0.717, 1.165) is 12.4 Å². The summed E-state index contributed by atoms with van der Waals surface area (Å²) in [6, 6.07) is -1.62. The van der Waals surface area contributed by atoms with E-state index in [1.54, 1.807) is 20.8 Å². The molecule has 0 spiro atoms. The van der Waals surface area contributed by atoms with Gasteiger partial charge in [-0.15, -0.1) is 0 Å². The van der Waals surface area contributed by atoms with Crippen molar-refractivity contribution in [1.29, 1.82) is 0 Å². The van der Waals surface area contributed by atoms with Crippen LogP contribution in [0.4, 0.5) is 0 Å². The first-order valence-corrected chi connectivity index (χ1v) is 8.87. The van der Waals surface area contributed by atoms with Gasteiger partial charge in [0.15, 0.2) is 0 Å². The molecule has 0 saturated carbocycles. The van der Waals surface area contributed by atoms with Crippen LogP contribution in [0.2, 0.25) is 0 Å². The van der Waals surface area contributed by atoms with E-state index in [1.165, 1.54) is 0 Å². The van der Waals surface area contributed by atoms with Crippen LogP contribution in [0.25, 0.3) is 11.1 Å². The van der Waals surface area contributed by atoms with Gasteiger partial charge >= 0.3 is 24.4 Å². The van der Waals surface area contributed by atoms with Crippen molar-refractivity contribution in [3.05, 3.63) is 11.1 Å². The Morgan fingerprint density at radius 1 is 0.897 bits per heavy atom. The molecule has 0 amide bonds. The number of Topliss-reactive ketones (excluding diaryl/α,β-unsaturated/α-hetero) is 2. The molecule has 0 aliphatic carbocycles. The molecule has 29 heavy (non-hydrogen) atoms. The van der Waals surface area contributed by atoms with Crippen molar-refractivity contribution in [2.45, 2.75) is 64.6 Å². The molecule has 2 atom stereocenters. The average molecular weight is 412 g/mol. The van der Waals surface area contributed by atoms with Crippen molar-refractivity contribution in [3.63, 3.8) is 0 Å². The van der Waals surface area contributed by atoms with E-state index in [-0.39, 0.29) is 50.0 Å². The van der Waals surface area contributed by atoms with Crippen LogP contribution in [-0.4, -0.2) is 70.3 Å². The summed E-state index contributed by atoms with van der Waals surface area (Å²) in [7, 11) is 0. The molecule has 0 heterocycles. The third-order valence-corrected chi connectivity index (χ3v) is 3.05. The quantitative estimate of drug-likeness (QED) is 0.183. The van der Waals surface area contributed by atoms with Crippen LogP contribution in [0.5, 0.6) is 0 Å². The number of hydrogen-bond acceptors (Lipinski definition) is 8. The molecule has 0 aromatic rings. The van der Waals surface area contributed by atoms with Gasteiger partial charge in [0.05, 0.1) is 12.7 Å². The Labute approximate surface area is 168 Å². The summed E-state index contributed by atoms with van der Waals surface area (Å²) < 4.78 is 9.48. The van der Waals surface area contributed by atoms with Crippen LogP contribution >= 0.6 is 0 Å². The predicted octanol–water partition coefficient (Wildman–Crippen LogP) is -0.558. The summed E-state index contributed by atoms with van der Waals surface area (Å²) in [5, 5.41) is 0. The number of hydrogen-bond donors (Lipinski definition) is 2. The van der Waals surface area contributed by atoms with Gasteiger partial charge in [0.25, 0.3) is 0 Å². The molecule has 162 valence electrons. The van der Waals surface area contributed by atoms with Crippen LogP contribution in [-0.2, 0) is 28.7 Å². The highest BCUT2D eigenvalue weighted by molar-refractivity contribution is 6.25. The molecule has 0 aromatic heterocycles. The maximum atomic E-state index is 11.2. The molecule has 0 radical (unpaired) electrons. The zero-order chi connectivity index (χ0) is 22.8. The summed E-state index contributed by atoms with van der Waals surface area (Å²) in [5.74, 6) is -1.82. The van der Waals surface area contributed by atoms with Gasteiger partial charge in [0.2, 0.25) is 11.6 Å². The first-order valence-electron chi connectivity index (χ1n) is 8.87. The van der Waals surface area contributed by atoms with E-state index in [9.17, 15) is 19.2 Å². The van der Waals surface area contributed by atoms with E-state index in [4.69, 9.17) is 27.3 Å². The second kappa shape index (κ2) is 17.1. The lowest BCUT2D eigenvalue weighted by Crippen LogP contribution is -2.34. The Hall–Kier alpha value is -3.04. The maximum absolute atomic E-state index is 11.2. The maximum Gasteiger partial charge on any atom is 0.323 e.